The normalized spacial score (nSPS) is 20.0. The third-order valence-corrected chi connectivity index (χ3v) is 4.36. The van der Waals surface area contributed by atoms with Crippen molar-refractivity contribution in [2.45, 2.75) is 31.7 Å². The highest BCUT2D eigenvalue weighted by molar-refractivity contribution is 6.21. The Morgan fingerprint density at radius 3 is 2.48 bits per heavy atom. The lowest BCUT2D eigenvalue weighted by Crippen LogP contribution is -2.40. The monoisotopic (exact) mass is 315 g/mol. The topological polar surface area (TPSA) is 78.5 Å². The molecule has 6 heteroatoms. The van der Waals surface area contributed by atoms with Crippen LogP contribution in [-0.2, 0) is 4.79 Å². The Balaban J connectivity index is 1.41. The highest BCUT2D eigenvalue weighted by Crippen LogP contribution is 2.22. The van der Waals surface area contributed by atoms with Crippen LogP contribution >= 0.6 is 0 Å². The first-order valence-corrected chi connectivity index (χ1v) is 8.15. The van der Waals surface area contributed by atoms with E-state index in [2.05, 4.69) is 10.6 Å². The number of benzene rings is 1. The molecule has 2 aliphatic rings. The summed E-state index contributed by atoms with van der Waals surface area (Å²) < 4.78 is 0. The minimum atomic E-state index is -0.218. The zero-order chi connectivity index (χ0) is 16.2. The predicted octanol–water partition coefficient (Wildman–Crippen LogP) is 0.931. The van der Waals surface area contributed by atoms with Gasteiger partial charge in [-0.05, 0) is 44.4 Å². The van der Waals surface area contributed by atoms with Gasteiger partial charge in [0.25, 0.3) is 11.8 Å². The van der Waals surface area contributed by atoms with Crippen molar-refractivity contribution in [2.75, 3.05) is 19.6 Å². The first-order chi connectivity index (χ1) is 11.2. The molecule has 1 saturated heterocycles. The molecule has 1 aromatic carbocycles. The van der Waals surface area contributed by atoms with Gasteiger partial charge in [0.05, 0.1) is 17.2 Å². The van der Waals surface area contributed by atoms with Crippen LogP contribution in [0.2, 0.25) is 0 Å². The first-order valence-electron chi connectivity index (χ1n) is 8.15. The van der Waals surface area contributed by atoms with Gasteiger partial charge < -0.3 is 10.6 Å². The molecule has 2 heterocycles. The Kier molecular flexibility index (Phi) is 4.71. The molecular weight excluding hydrogens is 294 g/mol. The zero-order valence-corrected chi connectivity index (χ0v) is 13.0. The molecule has 3 amide bonds. The second-order valence-electron chi connectivity index (χ2n) is 5.95. The zero-order valence-electron chi connectivity index (χ0n) is 13.0. The van der Waals surface area contributed by atoms with E-state index in [4.69, 9.17) is 0 Å². The molecule has 0 bridgehead atoms. The van der Waals surface area contributed by atoms with E-state index in [1.807, 2.05) is 0 Å². The van der Waals surface area contributed by atoms with Gasteiger partial charge >= 0.3 is 0 Å². The number of rotatable bonds is 6. The molecular formula is C17H21N3O3. The van der Waals surface area contributed by atoms with Crippen molar-refractivity contribution in [3.63, 3.8) is 0 Å². The van der Waals surface area contributed by atoms with Crippen LogP contribution in [-0.4, -0.2) is 48.3 Å². The van der Waals surface area contributed by atoms with Crippen LogP contribution in [0.4, 0.5) is 0 Å². The molecule has 0 spiro atoms. The smallest absolute Gasteiger partial charge is 0.261 e. The lowest BCUT2D eigenvalue weighted by molar-refractivity contribution is -0.122. The SMILES string of the molecule is O=C(NCCCCN1C(=O)c2ccccc2C1=O)C1CCCN1. The third-order valence-electron chi connectivity index (χ3n) is 4.36. The van der Waals surface area contributed by atoms with E-state index in [0.29, 0.717) is 30.6 Å². The second kappa shape index (κ2) is 6.91. The van der Waals surface area contributed by atoms with E-state index >= 15 is 0 Å². The predicted molar refractivity (Wildman–Crippen MR) is 85.1 cm³/mol. The quantitative estimate of drug-likeness (QED) is 0.605. The second-order valence-corrected chi connectivity index (χ2v) is 5.95. The van der Waals surface area contributed by atoms with Gasteiger partial charge in [0.2, 0.25) is 5.91 Å². The molecule has 1 fully saturated rings. The summed E-state index contributed by atoms with van der Waals surface area (Å²) in [5.41, 5.74) is 0.969. The van der Waals surface area contributed by atoms with E-state index in [1.54, 1.807) is 24.3 Å². The molecule has 0 radical (unpaired) electrons. The maximum absolute atomic E-state index is 12.2. The van der Waals surface area contributed by atoms with Crippen molar-refractivity contribution in [3.8, 4) is 0 Å². The summed E-state index contributed by atoms with van der Waals surface area (Å²) >= 11 is 0. The largest absolute Gasteiger partial charge is 0.355 e. The van der Waals surface area contributed by atoms with E-state index in [0.717, 1.165) is 25.8 Å². The minimum absolute atomic E-state index is 0.0447. The van der Waals surface area contributed by atoms with E-state index < -0.39 is 0 Å². The average molecular weight is 315 g/mol. The summed E-state index contributed by atoms with van der Waals surface area (Å²) in [6, 6.07) is 6.83. The molecule has 1 aromatic rings. The Morgan fingerprint density at radius 2 is 1.87 bits per heavy atom. The number of nitrogens with one attached hydrogen (secondary N) is 2. The lowest BCUT2D eigenvalue weighted by atomic mass is 10.1. The van der Waals surface area contributed by atoms with Crippen LogP contribution in [0.25, 0.3) is 0 Å². The van der Waals surface area contributed by atoms with Crippen molar-refractivity contribution in [2.24, 2.45) is 0 Å². The number of unbranched alkanes of at least 4 members (excludes halogenated alkanes) is 1. The Bertz CT molecular complexity index is 588. The third kappa shape index (κ3) is 3.27. The highest BCUT2D eigenvalue weighted by Gasteiger charge is 2.34. The van der Waals surface area contributed by atoms with Crippen LogP contribution < -0.4 is 10.6 Å². The van der Waals surface area contributed by atoms with Crippen LogP contribution in [0.5, 0.6) is 0 Å². The molecule has 2 aliphatic heterocycles. The number of carbonyl (C=O) groups is 3. The summed E-state index contributed by atoms with van der Waals surface area (Å²) in [5, 5.41) is 6.05. The number of amides is 3. The van der Waals surface area contributed by atoms with Gasteiger partial charge in [0.1, 0.15) is 0 Å². The summed E-state index contributed by atoms with van der Waals surface area (Å²) in [7, 11) is 0. The van der Waals surface area contributed by atoms with Crippen LogP contribution in [0.3, 0.4) is 0 Å². The molecule has 1 unspecified atom stereocenters. The number of nitrogens with zero attached hydrogens (tertiary/aromatic N) is 1. The van der Waals surface area contributed by atoms with Crippen LogP contribution in [0, 0.1) is 0 Å². The van der Waals surface area contributed by atoms with Gasteiger partial charge in [0.15, 0.2) is 0 Å². The van der Waals surface area contributed by atoms with Gasteiger partial charge in [-0.15, -0.1) is 0 Å². The fourth-order valence-electron chi connectivity index (χ4n) is 3.08. The summed E-state index contributed by atoms with van der Waals surface area (Å²) in [5.74, 6) is -0.391. The molecule has 23 heavy (non-hydrogen) atoms. The molecule has 0 aromatic heterocycles. The molecule has 122 valence electrons. The average Bonchev–Trinajstić information content (AvgIpc) is 3.18. The van der Waals surface area contributed by atoms with Crippen molar-refractivity contribution >= 4 is 17.7 Å². The van der Waals surface area contributed by atoms with Gasteiger partial charge in [-0.2, -0.15) is 0 Å². The summed E-state index contributed by atoms with van der Waals surface area (Å²) in [6.45, 7) is 1.86. The van der Waals surface area contributed by atoms with Gasteiger partial charge in [0, 0.05) is 13.1 Å². The summed E-state index contributed by atoms with van der Waals surface area (Å²) in [4.78, 5) is 37.5. The number of carbonyl (C=O) groups excluding carboxylic acids is 3. The number of fused-ring (bicyclic) bond motifs is 1. The van der Waals surface area contributed by atoms with Crippen LogP contribution in [0.1, 0.15) is 46.4 Å². The van der Waals surface area contributed by atoms with Crippen molar-refractivity contribution < 1.29 is 14.4 Å². The standard InChI is InChI=1S/C17H21N3O3/c21-15(14-8-5-10-18-14)19-9-3-4-11-20-16(22)12-6-1-2-7-13(12)17(20)23/h1-2,6-7,14,18H,3-5,8-11H2,(H,19,21). The molecule has 0 aliphatic carbocycles. The number of hydrogen-bond donors (Lipinski definition) is 2. The van der Waals surface area contributed by atoms with Gasteiger partial charge in [-0.25, -0.2) is 0 Å². The Labute approximate surface area is 135 Å². The highest BCUT2D eigenvalue weighted by atomic mass is 16.2. The summed E-state index contributed by atoms with van der Waals surface area (Å²) in [6.07, 6.45) is 3.36. The van der Waals surface area contributed by atoms with Gasteiger partial charge in [-0.1, -0.05) is 12.1 Å². The number of hydrogen-bond acceptors (Lipinski definition) is 4. The van der Waals surface area contributed by atoms with E-state index in [9.17, 15) is 14.4 Å². The van der Waals surface area contributed by atoms with Gasteiger partial charge in [-0.3, -0.25) is 19.3 Å². The molecule has 6 nitrogen and oxygen atoms in total. The first kappa shape index (κ1) is 15.7. The van der Waals surface area contributed by atoms with Crippen LogP contribution in [0.15, 0.2) is 24.3 Å². The molecule has 0 saturated carbocycles. The van der Waals surface area contributed by atoms with Crippen molar-refractivity contribution in [1.82, 2.24) is 15.5 Å². The van der Waals surface area contributed by atoms with E-state index in [-0.39, 0.29) is 23.8 Å². The Morgan fingerprint density at radius 1 is 1.17 bits per heavy atom. The lowest BCUT2D eigenvalue weighted by Gasteiger charge is -2.14. The maximum atomic E-state index is 12.2. The fourth-order valence-corrected chi connectivity index (χ4v) is 3.08. The molecule has 2 N–H and O–H groups in total. The van der Waals surface area contributed by atoms with Crippen molar-refractivity contribution in [1.29, 1.82) is 0 Å². The van der Waals surface area contributed by atoms with Crippen molar-refractivity contribution in [3.05, 3.63) is 35.4 Å². The Hall–Kier alpha value is -2.21. The molecule has 1 atom stereocenters. The van der Waals surface area contributed by atoms with E-state index in [1.165, 1.54) is 4.90 Å². The molecule has 3 rings (SSSR count). The minimum Gasteiger partial charge on any atom is -0.355 e. The maximum Gasteiger partial charge on any atom is 0.261 e. The number of imide groups is 1. The fraction of sp³-hybridized carbons (Fsp3) is 0.471.